The van der Waals surface area contributed by atoms with Gasteiger partial charge >= 0.3 is 5.97 Å². The highest BCUT2D eigenvalue weighted by molar-refractivity contribution is 7.92. The van der Waals surface area contributed by atoms with Gasteiger partial charge in [-0.25, -0.2) is 13.2 Å². The Balaban J connectivity index is 1.03. The minimum Gasteiger partial charge on any atom is -0.489 e. The molecule has 0 spiro atoms. The summed E-state index contributed by atoms with van der Waals surface area (Å²) in [5, 5.41) is 3.18. The maximum atomic E-state index is 13.0. The molecule has 3 aromatic rings. The average molecular weight is 575 g/mol. The summed E-state index contributed by atoms with van der Waals surface area (Å²) in [7, 11) is -3.98. The zero-order valence-electron chi connectivity index (χ0n) is 22.8. The van der Waals surface area contributed by atoms with E-state index in [1.807, 2.05) is 30.3 Å². The lowest BCUT2D eigenvalue weighted by Crippen LogP contribution is -2.60. The minimum absolute atomic E-state index is 0.0557. The molecule has 2 N–H and O–H groups in total. The Labute approximate surface area is 240 Å². The molecule has 0 radical (unpaired) electrons. The third kappa shape index (κ3) is 6.40. The summed E-state index contributed by atoms with van der Waals surface area (Å²) in [4.78, 5) is 25.4. The Morgan fingerprint density at radius 3 is 2.15 bits per heavy atom. The van der Waals surface area contributed by atoms with Crippen molar-refractivity contribution < 1.29 is 27.5 Å². The number of carbonyl (C=O) groups excluding carboxylic acids is 2. The second-order valence-electron chi connectivity index (χ2n) is 11.8. The summed E-state index contributed by atoms with van der Waals surface area (Å²) in [6.07, 6.45) is 6.84. The normalized spacial score (nSPS) is 24.4. The molecule has 4 bridgehead atoms. The third-order valence-electron chi connectivity index (χ3n) is 8.51. The van der Waals surface area contributed by atoms with Crippen molar-refractivity contribution in [2.24, 2.45) is 17.8 Å². The molecule has 0 heterocycles. The van der Waals surface area contributed by atoms with E-state index in [1.165, 1.54) is 43.5 Å². The number of sulfonamides is 1. The number of esters is 1. The van der Waals surface area contributed by atoms with Gasteiger partial charge in [-0.2, -0.15) is 0 Å². The van der Waals surface area contributed by atoms with Crippen molar-refractivity contribution in [1.82, 2.24) is 5.32 Å². The first-order chi connectivity index (χ1) is 19.8. The molecule has 4 aliphatic carbocycles. The highest BCUT2D eigenvalue weighted by Gasteiger charge is 2.51. The largest absolute Gasteiger partial charge is 0.489 e. The zero-order valence-corrected chi connectivity index (χ0v) is 23.6. The molecule has 4 aliphatic rings. The summed E-state index contributed by atoms with van der Waals surface area (Å²) >= 11 is 0. The van der Waals surface area contributed by atoms with Gasteiger partial charge in [0, 0.05) is 11.2 Å². The van der Waals surface area contributed by atoms with Gasteiger partial charge in [0.05, 0.1) is 10.5 Å². The maximum Gasteiger partial charge on any atom is 0.338 e. The molecule has 9 heteroatoms. The summed E-state index contributed by atoms with van der Waals surface area (Å²) in [5.41, 5.74) is 1.27. The van der Waals surface area contributed by atoms with Crippen LogP contribution < -0.4 is 14.8 Å². The Hall–Kier alpha value is -3.85. The van der Waals surface area contributed by atoms with E-state index >= 15 is 0 Å². The molecule has 4 fully saturated rings. The van der Waals surface area contributed by atoms with Gasteiger partial charge in [0.1, 0.15) is 12.4 Å². The lowest BCUT2D eigenvalue weighted by molar-refractivity contribution is -0.130. The van der Waals surface area contributed by atoms with E-state index in [1.54, 1.807) is 24.3 Å². The van der Waals surface area contributed by atoms with Crippen LogP contribution in [0.5, 0.6) is 5.75 Å². The smallest absolute Gasteiger partial charge is 0.338 e. The number of ether oxygens (including phenoxy) is 2. The molecule has 0 saturated heterocycles. The first-order valence-electron chi connectivity index (χ1n) is 14.1. The highest BCUT2D eigenvalue weighted by Crippen LogP contribution is 2.55. The van der Waals surface area contributed by atoms with Crippen LogP contribution in [0.2, 0.25) is 0 Å². The van der Waals surface area contributed by atoms with Crippen molar-refractivity contribution in [2.45, 2.75) is 55.6 Å². The molecular weight excluding hydrogens is 540 g/mol. The fourth-order valence-electron chi connectivity index (χ4n) is 7.17. The van der Waals surface area contributed by atoms with E-state index in [2.05, 4.69) is 10.0 Å². The monoisotopic (exact) mass is 574 g/mol. The van der Waals surface area contributed by atoms with Gasteiger partial charge in [-0.1, -0.05) is 36.4 Å². The number of carbonyl (C=O) groups is 2. The van der Waals surface area contributed by atoms with Crippen molar-refractivity contribution in [1.29, 1.82) is 0 Å². The number of rotatable bonds is 10. The van der Waals surface area contributed by atoms with E-state index in [0.29, 0.717) is 35.8 Å². The van der Waals surface area contributed by atoms with Crippen molar-refractivity contribution >= 4 is 27.6 Å². The van der Waals surface area contributed by atoms with Gasteiger partial charge < -0.3 is 14.8 Å². The predicted molar refractivity (Wildman–Crippen MR) is 154 cm³/mol. The second-order valence-corrected chi connectivity index (χ2v) is 13.4. The molecule has 7 rings (SSSR count). The van der Waals surface area contributed by atoms with Gasteiger partial charge in [-0.05, 0) is 104 Å². The molecule has 1 amide bonds. The summed E-state index contributed by atoms with van der Waals surface area (Å²) < 4.78 is 39.6. The molecule has 8 nitrogen and oxygen atoms in total. The van der Waals surface area contributed by atoms with Crippen LogP contribution in [0.4, 0.5) is 5.69 Å². The van der Waals surface area contributed by atoms with E-state index in [-0.39, 0.29) is 21.9 Å². The number of hydrogen-bond donors (Lipinski definition) is 2. The fourth-order valence-corrected chi connectivity index (χ4v) is 8.28. The molecule has 4 saturated carbocycles. The number of nitrogens with one attached hydrogen (secondary N) is 2. The minimum atomic E-state index is -3.98. The van der Waals surface area contributed by atoms with Crippen molar-refractivity contribution in [3.05, 3.63) is 90.0 Å². The third-order valence-corrected chi connectivity index (χ3v) is 9.89. The fraction of sp³-hybridized carbons (Fsp3) is 0.375. The van der Waals surface area contributed by atoms with Crippen molar-refractivity contribution in [2.75, 3.05) is 11.3 Å². The molecule has 0 atom stereocenters. The molecule has 0 aromatic heterocycles. The molecular formula is C32H34N2O6S. The number of amides is 1. The Morgan fingerprint density at radius 2 is 1.49 bits per heavy atom. The van der Waals surface area contributed by atoms with Crippen molar-refractivity contribution in [3.63, 3.8) is 0 Å². The van der Waals surface area contributed by atoms with E-state index in [0.717, 1.165) is 24.8 Å². The number of anilines is 1. The number of hydrogen-bond acceptors (Lipinski definition) is 6. The van der Waals surface area contributed by atoms with Crippen LogP contribution in [0, 0.1) is 17.8 Å². The van der Waals surface area contributed by atoms with Crippen molar-refractivity contribution in [3.8, 4) is 5.75 Å². The van der Waals surface area contributed by atoms with Gasteiger partial charge in [0.25, 0.3) is 15.9 Å². The van der Waals surface area contributed by atoms with Crippen LogP contribution in [-0.2, 0) is 26.2 Å². The predicted octanol–water partition coefficient (Wildman–Crippen LogP) is 5.31. The van der Waals surface area contributed by atoms with Gasteiger partial charge in [-0.3, -0.25) is 9.52 Å². The van der Waals surface area contributed by atoms with Gasteiger partial charge in [0.15, 0.2) is 6.61 Å². The number of benzene rings is 3. The maximum absolute atomic E-state index is 13.0. The van der Waals surface area contributed by atoms with Crippen LogP contribution in [0.3, 0.4) is 0 Å². The first-order valence-corrected chi connectivity index (χ1v) is 15.6. The Morgan fingerprint density at radius 1 is 0.829 bits per heavy atom. The Bertz CT molecular complexity index is 1490. The lowest BCUT2D eigenvalue weighted by atomic mass is 9.53. The molecule has 3 aromatic carbocycles. The van der Waals surface area contributed by atoms with Crippen LogP contribution >= 0.6 is 0 Å². The second kappa shape index (κ2) is 11.2. The molecule has 0 unspecified atom stereocenters. The van der Waals surface area contributed by atoms with Crippen LogP contribution in [0.1, 0.15) is 54.4 Å². The van der Waals surface area contributed by atoms with Gasteiger partial charge in [-0.15, -0.1) is 0 Å². The quantitative estimate of drug-likeness (QED) is 0.318. The lowest BCUT2D eigenvalue weighted by Gasteiger charge is -2.56. The highest BCUT2D eigenvalue weighted by atomic mass is 32.2. The topological polar surface area (TPSA) is 111 Å². The summed E-state index contributed by atoms with van der Waals surface area (Å²) in [6.45, 7) is 0.00718. The van der Waals surface area contributed by atoms with E-state index in [9.17, 15) is 18.0 Å². The molecule has 214 valence electrons. The average Bonchev–Trinajstić information content (AvgIpc) is 2.95. The Kier molecular flexibility index (Phi) is 7.46. The summed E-state index contributed by atoms with van der Waals surface area (Å²) in [5.74, 6) is 1.62. The van der Waals surface area contributed by atoms with Crippen LogP contribution in [-0.4, -0.2) is 32.4 Å². The SMILES string of the molecule is O=C(COC(=O)c1cccc(S(=O)(=O)Nc2ccc(OCc3ccccc3)cc2)c1)NC12CC3CC(CC(C3)C1)C2. The first kappa shape index (κ1) is 27.3. The summed E-state index contributed by atoms with van der Waals surface area (Å²) in [6, 6.07) is 21.9. The van der Waals surface area contributed by atoms with Gasteiger partial charge in [0.2, 0.25) is 0 Å². The van der Waals surface area contributed by atoms with Crippen LogP contribution in [0.15, 0.2) is 83.8 Å². The van der Waals surface area contributed by atoms with E-state index in [4.69, 9.17) is 9.47 Å². The molecule has 0 aliphatic heterocycles. The molecule has 41 heavy (non-hydrogen) atoms. The van der Waals surface area contributed by atoms with E-state index < -0.39 is 22.6 Å². The zero-order chi connectivity index (χ0) is 28.5. The standard InChI is InChI=1S/C32H34N2O6S/c35-30(33-32-17-23-13-24(18-32)15-25(14-23)19-32)21-40-31(36)26-7-4-8-29(16-26)41(37,38)34-27-9-11-28(12-10-27)39-20-22-5-2-1-3-6-22/h1-12,16,23-25,34H,13-15,17-21H2,(H,33,35). The van der Waals surface area contributed by atoms with Crippen LogP contribution in [0.25, 0.3) is 0 Å².